The summed E-state index contributed by atoms with van der Waals surface area (Å²) in [6, 6.07) is 8.46. The maximum Gasteiger partial charge on any atom is 0.208 e. The highest BCUT2D eigenvalue weighted by Gasteiger charge is 2.45. The maximum absolute atomic E-state index is 11.7. The first kappa shape index (κ1) is 19.6. The van der Waals surface area contributed by atoms with Crippen molar-refractivity contribution < 1.29 is 8.42 Å². The lowest BCUT2D eigenvalue weighted by Crippen LogP contribution is -2.49. The van der Waals surface area contributed by atoms with E-state index in [9.17, 15) is 8.42 Å². The van der Waals surface area contributed by atoms with Crippen molar-refractivity contribution in [1.29, 1.82) is 0 Å². The molecule has 7 heteroatoms. The lowest BCUT2D eigenvalue weighted by atomic mass is 9.74. The molecule has 1 aromatic heterocycles. The predicted octanol–water partition coefficient (Wildman–Crippen LogP) is 2.86. The van der Waals surface area contributed by atoms with Crippen LogP contribution in [0.25, 0.3) is 5.69 Å². The molecule has 4 rings (SSSR count). The van der Waals surface area contributed by atoms with Crippen molar-refractivity contribution in [2.45, 2.75) is 51.6 Å². The van der Waals surface area contributed by atoms with Gasteiger partial charge in [-0.1, -0.05) is 18.6 Å². The van der Waals surface area contributed by atoms with E-state index in [1.54, 1.807) is 0 Å². The Balaban J connectivity index is 1.37. The zero-order valence-corrected chi connectivity index (χ0v) is 17.6. The number of benzene rings is 1. The van der Waals surface area contributed by atoms with Crippen LogP contribution in [0, 0.1) is 12.3 Å². The van der Waals surface area contributed by atoms with Crippen LogP contribution in [0.5, 0.6) is 0 Å². The number of aromatic nitrogens is 2. The minimum Gasteiger partial charge on any atom is -0.299 e. The van der Waals surface area contributed by atoms with E-state index in [1.807, 2.05) is 10.9 Å². The van der Waals surface area contributed by atoms with E-state index in [0.717, 1.165) is 57.4 Å². The number of nitrogens with zero attached hydrogens (tertiary/aromatic N) is 3. The fourth-order valence-corrected chi connectivity index (χ4v) is 5.83. The van der Waals surface area contributed by atoms with Crippen molar-refractivity contribution in [3.05, 3.63) is 47.8 Å². The van der Waals surface area contributed by atoms with Crippen LogP contribution < -0.4 is 4.72 Å². The molecule has 1 aromatic carbocycles. The number of sulfonamides is 1. The number of likely N-dealkylation sites (tertiary alicyclic amines) is 1. The van der Waals surface area contributed by atoms with Crippen LogP contribution in [0.2, 0.25) is 0 Å². The molecule has 1 aliphatic carbocycles. The van der Waals surface area contributed by atoms with E-state index in [1.165, 1.54) is 17.4 Å². The zero-order valence-electron chi connectivity index (χ0n) is 16.8. The smallest absolute Gasteiger partial charge is 0.208 e. The van der Waals surface area contributed by atoms with Crippen LogP contribution in [0.1, 0.15) is 43.2 Å². The summed E-state index contributed by atoms with van der Waals surface area (Å²) < 4.78 is 28.3. The molecule has 1 saturated carbocycles. The number of hydrogen-bond donors (Lipinski definition) is 1. The molecule has 2 aliphatic rings. The molecular weight excluding hydrogens is 372 g/mol. The highest BCUT2D eigenvalue weighted by atomic mass is 32.2. The van der Waals surface area contributed by atoms with Gasteiger partial charge in [-0.15, -0.1) is 0 Å². The molecule has 28 heavy (non-hydrogen) atoms. The molecule has 1 saturated heterocycles. The van der Waals surface area contributed by atoms with Gasteiger partial charge in [-0.05, 0) is 68.8 Å². The van der Waals surface area contributed by atoms with Gasteiger partial charge in [0.15, 0.2) is 0 Å². The third-order valence-corrected chi connectivity index (χ3v) is 7.14. The van der Waals surface area contributed by atoms with E-state index >= 15 is 0 Å². The molecule has 1 N–H and O–H groups in total. The van der Waals surface area contributed by atoms with Crippen molar-refractivity contribution in [3.8, 4) is 5.69 Å². The van der Waals surface area contributed by atoms with Gasteiger partial charge in [-0.25, -0.2) is 17.8 Å². The van der Waals surface area contributed by atoms with Gasteiger partial charge in [-0.2, -0.15) is 5.10 Å². The van der Waals surface area contributed by atoms with E-state index in [2.05, 4.69) is 52.1 Å². The van der Waals surface area contributed by atoms with Crippen molar-refractivity contribution in [3.63, 3.8) is 0 Å². The Morgan fingerprint density at radius 2 is 2.04 bits per heavy atom. The lowest BCUT2D eigenvalue weighted by Gasteiger charge is -2.43. The molecule has 1 unspecified atom stereocenters. The van der Waals surface area contributed by atoms with Gasteiger partial charge in [0, 0.05) is 24.3 Å². The van der Waals surface area contributed by atoms with Gasteiger partial charge < -0.3 is 0 Å². The fourth-order valence-electron chi connectivity index (χ4n) is 4.95. The summed E-state index contributed by atoms with van der Waals surface area (Å²) >= 11 is 0. The van der Waals surface area contributed by atoms with Crippen LogP contribution in [0.15, 0.2) is 36.7 Å². The largest absolute Gasteiger partial charge is 0.299 e. The van der Waals surface area contributed by atoms with Gasteiger partial charge in [0.25, 0.3) is 0 Å². The summed E-state index contributed by atoms with van der Waals surface area (Å²) in [5.74, 6) is 0. The van der Waals surface area contributed by atoms with Gasteiger partial charge in [0.05, 0.1) is 18.1 Å². The van der Waals surface area contributed by atoms with Crippen LogP contribution in [0.4, 0.5) is 0 Å². The zero-order chi connectivity index (χ0) is 19.8. The molecule has 0 bridgehead atoms. The van der Waals surface area contributed by atoms with E-state index in [4.69, 9.17) is 0 Å². The topological polar surface area (TPSA) is 67.2 Å². The SMILES string of the molecule is Cc1cccc(-n2cc(CN3CCC4(CCCC4NS(C)(=O)=O)CC3)cn2)c1. The number of piperidine rings is 1. The standard InChI is InChI=1S/C21H30N4O2S/c1-17-5-3-6-19(13-17)25-16-18(14-22-25)15-24-11-9-21(10-12-24)8-4-7-20(21)23-28(2,26)27/h3,5-6,13-14,16,20,23H,4,7-12,15H2,1-2H3. The van der Waals surface area contributed by atoms with E-state index < -0.39 is 10.0 Å². The monoisotopic (exact) mass is 402 g/mol. The minimum absolute atomic E-state index is 0.105. The average Bonchev–Trinajstić information content (AvgIpc) is 3.24. The second kappa shape index (κ2) is 7.61. The molecule has 0 radical (unpaired) electrons. The summed E-state index contributed by atoms with van der Waals surface area (Å²) in [6.07, 6.45) is 10.7. The third kappa shape index (κ3) is 4.31. The van der Waals surface area contributed by atoms with Crippen molar-refractivity contribution in [2.24, 2.45) is 5.41 Å². The van der Waals surface area contributed by atoms with E-state index in [0.29, 0.717) is 0 Å². The Labute approximate surface area is 168 Å². The van der Waals surface area contributed by atoms with Crippen molar-refractivity contribution >= 4 is 10.0 Å². The molecule has 152 valence electrons. The Hall–Kier alpha value is -1.70. The Bertz CT molecular complexity index is 929. The maximum atomic E-state index is 11.7. The first-order valence-electron chi connectivity index (χ1n) is 10.1. The fraction of sp³-hybridized carbons (Fsp3) is 0.571. The summed E-state index contributed by atoms with van der Waals surface area (Å²) in [4.78, 5) is 2.47. The molecule has 2 heterocycles. The average molecular weight is 403 g/mol. The molecule has 0 amide bonds. The third-order valence-electron chi connectivity index (χ3n) is 6.42. The Kier molecular flexibility index (Phi) is 5.33. The highest BCUT2D eigenvalue weighted by Crippen LogP contribution is 2.46. The van der Waals surface area contributed by atoms with E-state index in [-0.39, 0.29) is 11.5 Å². The highest BCUT2D eigenvalue weighted by molar-refractivity contribution is 7.88. The second-order valence-corrected chi connectivity index (χ2v) is 10.4. The van der Waals surface area contributed by atoms with Crippen LogP contribution in [0.3, 0.4) is 0 Å². The number of aryl methyl sites for hydroxylation is 1. The van der Waals surface area contributed by atoms with Crippen LogP contribution in [-0.2, 0) is 16.6 Å². The van der Waals surface area contributed by atoms with Crippen LogP contribution in [-0.4, -0.2) is 48.5 Å². The van der Waals surface area contributed by atoms with Crippen molar-refractivity contribution in [2.75, 3.05) is 19.3 Å². The molecule has 1 spiro atoms. The summed E-state index contributed by atoms with van der Waals surface area (Å²) in [5, 5.41) is 4.53. The second-order valence-electron chi connectivity index (χ2n) is 8.61. The van der Waals surface area contributed by atoms with Crippen LogP contribution >= 0.6 is 0 Å². The normalized spacial score (nSPS) is 22.7. The number of nitrogens with one attached hydrogen (secondary N) is 1. The molecule has 1 atom stereocenters. The molecule has 2 fully saturated rings. The number of rotatable bonds is 5. The minimum atomic E-state index is -3.15. The predicted molar refractivity (Wildman–Crippen MR) is 111 cm³/mol. The summed E-state index contributed by atoms with van der Waals surface area (Å²) in [6.45, 7) is 5.01. The van der Waals surface area contributed by atoms with Gasteiger partial charge in [0.1, 0.15) is 0 Å². The van der Waals surface area contributed by atoms with Gasteiger partial charge >= 0.3 is 0 Å². The summed E-state index contributed by atoms with van der Waals surface area (Å²) in [7, 11) is -3.15. The Morgan fingerprint density at radius 1 is 1.25 bits per heavy atom. The van der Waals surface area contributed by atoms with Crippen molar-refractivity contribution in [1.82, 2.24) is 19.4 Å². The Morgan fingerprint density at radius 3 is 2.75 bits per heavy atom. The molecule has 2 aromatic rings. The van der Waals surface area contributed by atoms with Gasteiger partial charge in [0.2, 0.25) is 10.0 Å². The first-order chi connectivity index (χ1) is 13.3. The molecular formula is C21H30N4O2S. The molecule has 6 nitrogen and oxygen atoms in total. The quantitative estimate of drug-likeness (QED) is 0.835. The molecule has 1 aliphatic heterocycles. The lowest BCUT2D eigenvalue weighted by molar-refractivity contribution is 0.0861. The first-order valence-corrected chi connectivity index (χ1v) is 12.0. The number of hydrogen-bond acceptors (Lipinski definition) is 4. The summed E-state index contributed by atoms with van der Waals surface area (Å²) in [5.41, 5.74) is 3.68. The van der Waals surface area contributed by atoms with Gasteiger partial charge in [-0.3, -0.25) is 4.90 Å².